The Labute approximate surface area is 121 Å². The lowest BCUT2D eigenvalue weighted by molar-refractivity contribution is 0.664. The normalized spacial score (nSPS) is 10.5. The topological polar surface area (TPSA) is 28.2 Å². The van der Waals surface area contributed by atoms with E-state index in [2.05, 4.69) is 66.5 Å². The van der Waals surface area contributed by atoms with Gasteiger partial charge in [-0.15, -0.1) is 0 Å². The summed E-state index contributed by atoms with van der Waals surface area (Å²) in [5.74, 6) is 1.01. The van der Waals surface area contributed by atoms with Crippen molar-refractivity contribution in [3.8, 4) is 0 Å². The van der Waals surface area contributed by atoms with E-state index in [0.717, 1.165) is 37.6 Å². The second kappa shape index (κ2) is 7.65. The van der Waals surface area contributed by atoms with Crippen LogP contribution >= 0.6 is 0 Å². The van der Waals surface area contributed by atoms with Crippen molar-refractivity contribution in [1.29, 1.82) is 0 Å². The lowest BCUT2D eigenvalue weighted by Crippen LogP contribution is -2.19. The van der Waals surface area contributed by atoms with Crippen molar-refractivity contribution in [2.24, 2.45) is 0 Å². The third kappa shape index (κ3) is 3.81. The average Bonchev–Trinajstić information content (AvgIpc) is 2.50. The van der Waals surface area contributed by atoms with Crippen LogP contribution in [0.5, 0.6) is 0 Å². The molecule has 0 spiro atoms. The number of nitrogens with zero attached hydrogens (tertiary/aromatic N) is 2. The molecular weight excluding hydrogens is 246 g/mol. The van der Waals surface area contributed by atoms with Crippen molar-refractivity contribution >= 4 is 11.5 Å². The lowest BCUT2D eigenvalue weighted by Gasteiger charge is -2.22. The summed E-state index contributed by atoms with van der Waals surface area (Å²) in [4.78, 5) is 6.98. The van der Waals surface area contributed by atoms with Crippen LogP contribution in [0.25, 0.3) is 0 Å². The van der Waals surface area contributed by atoms with E-state index >= 15 is 0 Å². The van der Waals surface area contributed by atoms with Crippen molar-refractivity contribution in [1.82, 2.24) is 10.3 Å². The SMILES string of the molecule is CCCNCc1cccc(N(CC)c2ccccc2)n1. The minimum atomic E-state index is 0.827. The fourth-order valence-corrected chi connectivity index (χ4v) is 2.19. The van der Waals surface area contributed by atoms with Gasteiger partial charge in [0.1, 0.15) is 5.82 Å². The molecule has 0 atom stereocenters. The first-order valence-corrected chi connectivity index (χ1v) is 7.34. The summed E-state index contributed by atoms with van der Waals surface area (Å²) in [5, 5.41) is 3.39. The van der Waals surface area contributed by atoms with Gasteiger partial charge >= 0.3 is 0 Å². The van der Waals surface area contributed by atoms with Crippen molar-refractivity contribution in [3.05, 3.63) is 54.2 Å². The highest BCUT2D eigenvalue weighted by Crippen LogP contribution is 2.22. The summed E-state index contributed by atoms with van der Waals surface area (Å²) in [6, 6.07) is 16.6. The zero-order valence-corrected chi connectivity index (χ0v) is 12.3. The number of para-hydroxylation sites is 1. The number of pyridine rings is 1. The zero-order valence-electron chi connectivity index (χ0n) is 12.3. The van der Waals surface area contributed by atoms with Crippen molar-refractivity contribution in [2.45, 2.75) is 26.8 Å². The van der Waals surface area contributed by atoms with Crippen LogP contribution in [-0.4, -0.2) is 18.1 Å². The van der Waals surface area contributed by atoms with Crippen LogP contribution in [-0.2, 0) is 6.54 Å². The molecule has 1 heterocycles. The molecule has 0 aliphatic carbocycles. The fourth-order valence-electron chi connectivity index (χ4n) is 2.19. The van der Waals surface area contributed by atoms with Gasteiger partial charge in [-0.2, -0.15) is 0 Å². The molecule has 1 aromatic carbocycles. The Balaban J connectivity index is 2.16. The monoisotopic (exact) mass is 269 g/mol. The van der Waals surface area contributed by atoms with Gasteiger partial charge in [0, 0.05) is 18.8 Å². The summed E-state index contributed by atoms with van der Waals surface area (Å²) >= 11 is 0. The Morgan fingerprint density at radius 3 is 2.50 bits per heavy atom. The largest absolute Gasteiger partial charge is 0.327 e. The van der Waals surface area contributed by atoms with Crippen molar-refractivity contribution in [3.63, 3.8) is 0 Å². The van der Waals surface area contributed by atoms with Crippen molar-refractivity contribution < 1.29 is 0 Å². The number of anilines is 2. The van der Waals surface area contributed by atoms with Gasteiger partial charge in [0.15, 0.2) is 0 Å². The molecule has 2 aromatic rings. The van der Waals surface area contributed by atoms with Crippen LogP contribution in [0.1, 0.15) is 26.0 Å². The molecule has 0 fully saturated rings. The Kier molecular flexibility index (Phi) is 5.56. The van der Waals surface area contributed by atoms with Gasteiger partial charge in [-0.1, -0.05) is 31.2 Å². The molecule has 1 aromatic heterocycles. The van der Waals surface area contributed by atoms with Crippen LogP contribution in [0.2, 0.25) is 0 Å². The molecule has 0 unspecified atom stereocenters. The van der Waals surface area contributed by atoms with E-state index < -0.39 is 0 Å². The van der Waals surface area contributed by atoms with Crippen LogP contribution in [0.15, 0.2) is 48.5 Å². The third-order valence-corrected chi connectivity index (χ3v) is 3.19. The molecule has 1 N–H and O–H groups in total. The van der Waals surface area contributed by atoms with Gasteiger partial charge in [-0.25, -0.2) is 4.98 Å². The number of aromatic nitrogens is 1. The summed E-state index contributed by atoms with van der Waals surface area (Å²) in [5.41, 5.74) is 2.27. The highest BCUT2D eigenvalue weighted by Gasteiger charge is 2.08. The molecular formula is C17H23N3. The van der Waals surface area contributed by atoms with E-state index in [4.69, 9.17) is 4.98 Å². The van der Waals surface area contributed by atoms with E-state index in [0.29, 0.717) is 0 Å². The second-order valence-electron chi connectivity index (χ2n) is 4.74. The summed E-state index contributed by atoms with van der Waals surface area (Å²) < 4.78 is 0. The van der Waals surface area contributed by atoms with Gasteiger partial charge in [0.2, 0.25) is 0 Å². The smallest absolute Gasteiger partial charge is 0.133 e. The molecule has 0 aliphatic heterocycles. The average molecular weight is 269 g/mol. The first kappa shape index (κ1) is 14.5. The Morgan fingerprint density at radius 2 is 1.80 bits per heavy atom. The minimum absolute atomic E-state index is 0.827. The quantitative estimate of drug-likeness (QED) is 0.776. The van der Waals surface area contributed by atoms with E-state index in [1.54, 1.807) is 0 Å². The number of benzene rings is 1. The Morgan fingerprint density at radius 1 is 1.00 bits per heavy atom. The molecule has 106 valence electrons. The highest BCUT2D eigenvalue weighted by molar-refractivity contribution is 5.59. The predicted molar refractivity (Wildman–Crippen MR) is 85.4 cm³/mol. The number of hydrogen-bond donors (Lipinski definition) is 1. The van der Waals surface area contributed by atoms with E-state index in [1.165, 1.54) is 5.69 Å². The van der Waals surface area contributed by atoms with E-state index in [-0.39, 0.29) is 0 Å². The minimum Gasteiger partial charge on any atom is -0.327 e. The first-order chi connectivity index (χ1) is 9.85. The van der Waals surface area contributed by atoms with Crippen LogP contribution in [0, 0.1) is 0 Å². The first-order valence-electron chi connectivity index (χ1n) is 7.34. The van der Waals surface area contributed by atoms with Gasteiger partial charge in [-0.3, -0.25) is 0 Å². The molecule has 20 heavy (non-hydrogen) atoms. The van der Waals surface area contributed by atoms with E-state index in [1.807, 2.05) is 6.07 Å². The van der Waals surface area contributed by atoms with Gasteiger partial charge in [0.25, 0.3) is 0 Å². The summed E-state index contributed by atoms with van der Waals surface area (Å²) in [6.07, 6.45) is 1.14. The molecule has 0 saturated heterocycles. The van der Waals surface area contributed by atoms with Crippen LogP contribution in [0.3, 0.4) is 0 Å². The van der Waals surface area contributed by atoms with E-state index in [9.17, 15) is 0 Å². The maximum atomic E-state index is 4.76. The Bertz CT molecular complexity index is 511. The Hall–Kier alpha value is -1.87. The second-order valence-corrected chi connectivity index (χ2v) is 4.74. The third-order valence-electron chi connectivity index (χ3n) is 3.19. The summed E-state index contributed by atoms with van der Waals surface area (Å²) in [7, 11) is 0. The molecule has 2 rings (SSSR count). The molecule has 3 nitrogen and oxygen atoms in total. The molecule has 0 saturated carbocycles. The number of hydrogen-bond acceptors (Lipinski definition) is 3. The maximum absolute atomic E-state index is 4.76. The lowest BCUT2D eigenvalue weighted by atomic mass is 10.2. The highest BCUT2D eigenvalue weighted by atomic mass is 15.2. The van der Waals surface area contributed by atoms with Gasteiger partial charge in [-0.05, 0) is 44.2 Å². The standard InChI is InChI=1S/C17H23N3/c1-3-13-18-14-15-9-8-12-17(19-15)20(4-2)16-10-6-5-7-11-16/h5-12,18H,3-4,13-14H2,1-2H3. The van der Waals surface area contributed by atoms with Crippen LogP contribution in [0.4, 0.5) is 11.5 Å². The predicted octanol–water partition coefficient (Wildman–Crippen LogP) is 3.74. The molecule has 0 radical (unpaired) electrons. The van der Waals surface area contributed by atoms with Gasteiger partial charge in [0.05, 0.1) is 5.69 Å². The zero-order chi connectivity index (χ0) is 14.2. The van der Waals surface area contributed by atoms with Crippen molar-refractivity contribution in [2.75, 3.05) is 18.0 Å². The molecule has 0 amide bonds. The fraction of sp³-hybridized carbons (Fsp3) is 0.353. The molecule has 0 bridgehead atoms. The maximum Gasteiger partial charge on any atom is 0.133 e. The van der Waals surface area contributed by atoms with Gasteiger partial charge < -0.3 is 10.2 Å². The number of nitrogens with one attached hydrogen (secondary N) is 1. The number of rotatable bonds is 7. The van der Waals surface area contributed by atoms with Crippen LogP contribution < -0.4 is 10.2 Å². The molecule has 3 heteroatoms. The summed E-state index contributed by atoms with van der Waals surface area (Å²) in [6.45, 7) is 7.08. The molecule has 0 aliphatic rings.